The third-order valence-electron chi connectivity index (χ3n) is 5.83. The Morgan fingerprint density at radius 1 is 1.06 bits per heavy atom. The average Bonchev–Trinajstić information content (AvgIpc) is 2.80. The van der Waals surface area contributed by atoms with Gasteiger partial charge in [0.15, 0.2) is 5.65 Å². The second kappa shape index (κ2) is 8.09. The monoisotopic (exact) mass is 427 g/mol. The second-order valence-electron chi connectivity index (χ2n) is 8.44. The number of fused-ring (bicyclic) bond motifs is 2. The maximum atomic E-state index is 12.4. The van der Waals surface area contributed by atoms with Crippen molar-refractivity contribution in [3.63, 3.8) is 0 Å². The molecule has 3 heterocycles. The summed E-state index contributed by atoms with van der Waals surface area (Å²) in [5.41, 5.74) is 5.27. The first-order valence-corrected chi connectivity index (χ1v) is 10.7. The maximum Gasteiger partial charge on any atom is 0.384 e. The van der Waals surface area contributed by atoms with Gasteiger partial charge in [0.1, 0.15) is 5.82 Å². The first-order chi connectivity index (χ1) is 15.5. The maximum absolute atomic E-state index is 12.4. The molecule has 162 valence electrons. The molecule has 7 heteroatoms. The van der Waals surface area contributed by atoms with Gasteiger partial charge in [-0.3, -0.25) is 0 Å². The van der Waals surface area contributed by atoms with Crippen LogP contribution in [-0.4, -0.2) is 45.4 Å². The molecule has 0 saturated carbocycles. The summed E-state index contributed by atoms with van der Waals surface area (Å²) in [4.78, 5) is 25.0. The fraction of sp³-hybridized carbons (Fsp3) is 0.240. The Morgan fingerprint density at radius 3 is 2.75 bits per heavy atom. The molecule has 0 fully saturated rings. The summed E-state index contributed by atoms with van der Waals surface area (Å²) < 4.78 is 0.510. The minimum Gasteiger partial charge on any atom is -0.422 e. The lowest BCUT2D eigenvalue weighted by Crippen LogP contribution is -2.30. The van der Waals surface area contributed by atoms with E-state index in [9.17, 15) is 10.0 Å². The quantitative estimate of drug-likeness (QED) is 0.499. The van der Waals surface area contributed by atoms with Gasteiger partial charge >= 0.3 is 5.69 Å². The molecule has 0 spiro atoms. The zero-order valence-corrected chi connectivity index (χ0v) is 18.2. The predicted molar refractivity (Wildman–Crippen MR) is 126 cm³/mol. The molecule has 0 aliphatic carbocycles. The summed E-state index contributed by atoms with van der Waals surface area (Å²) >= 11 is 0. The van der Waals surface area contributed by atoms with Gasteiger partial charge in [0.05, 0.1) is 5.39 Å². The highest BCUT2D eigenvalue weighted by Gasteiger charge is 2.23. The number of hydrogen-bond acceptors (Lipinski definition) is 6. The van der Waals surface area contributed by atoms with Crippen LogP contribution in [0.25, 0.3) is 22.2 Å². The zero-order chi connectivity index (χ0) is 22.2. The molecule has 0 saturated heterocycles. The highest BCUT2D eigenvalue weighted by molar-refractivity contribution is 5.90. The third-order valence-corrected chi connectivity index (χ3v) is 5.83. The fourth-order valence-electron chi connectivity index (χ4n) is 4.42. The van der Waals surface area contributed by atoms with E-state index >= 15 is 0 Å². The molecule has 32 heavy (non-hydrogen) atoms. The molecule has 1 N–H and O–H groups in total. The zero-order valence-electron chi connectivity index (χ0n) is 18.2. The number of nitrogens with zero attached hydrogens (tertiary/aromatic N) is 5. The van der Waals surface area contributed by atoms with Crippen molar-refractivity contribution in [3.05, 3.63) is 82.4 Å². The van der Waals surface area contributed by atoms with Gasteiger partial charge in [0.2, 0.25) is 0 Å². The van der Waals surface area contributed by atoms with Gasteiger partial charge in [-0.2, -0.15) is 4.98 Å². The van der Waals surface area contributed by atoms with Crippen LogP contribution in [0.4, 0.5) is 11.5 Å². The predicted octanol–water partition coefficient (Wildman–Crippen LogP) is 3.84. The van der Waals surface area contributed by atoms with Crippen LogP contribution >= 0.6 is 0 Å². The molecule has 0 bridgehead atoms. The minimum absolute atomic E-state index is 0.210. The van der Waals surface area contributed by atoms with E-state index in [2.05, 4.69) is 76.3 Å². The molecule has 0 atom stereocenters. The highest BCUT2D eigenvalue weighted by atomic mass is 16.5. The Kier molecular flexibility index (Phi) is 5.11. The van der Waals surface area contributed by atoms with Gasteiger partial charge in [-0.25, -0.2) is 9.78 Å². The normalized spacial score (nSPS) is 13.5. The topological polar surface area (TPSA) is 74.5 Å². The van der Waals surface area contributed by atoms with Gasteiger partial charge < -0.3 is 15.0 Å². The van der Waals surface area contributed by atoms with Crippen molar-refractivity contribution in [3.8, 4) is 11.1 Å². The van der Waals surface area contributed by atoms with Crippen molar-refractivity contribution in [2.24, 2.45) is 0 Å². The SMILES string of the molecule is CN(C)Cc1cccc(-c2ccc3c(c2)N(c2nc(=O)n(O)c4ncccc24)CCC3)c1. The Hall–Kier alpha value is -3.71. The molecule has 5 rings (SSSR count). The molecular formula is C25H25N5O2. The summed E-state index contributed by atoms with van der Waals surface area (Å²) in [5.74, 6) is 0.530. The van der Waals surface area contributed by atoms with E-state index in [0.717, 1.165) is 42.7 Å². The second-order valence-corrected chi connectivity index (χ2v) is 8.44. The van der Waals surface area contributed by atoms with Crippen molar-refractivity contribution in [1.82, 2.24) is 19.6 Å². The number of hydrogen-bond donors (Lipinski definition) is 1. The summed E-state index contributed by atoms with van der Waals surface area (Å²) in [7, 11) is 4.13. The van der Waals surface area contributed by atoms with Crippen molar-refractivity contribution in [2.75, 3.05) is 25.5 Å². The van der Waals surface area contributed by atoms with E-state index in [4.69, 9.17) is 0 Å². The van der Waals surface area contributed by atoms with Crippen LogP contribution in [-0.2, 0) is 13.0 Å². The summed E-state index contributed by atoms with van der Waals surface area (Å²) in [5, 5.41) is 10.8. The van der Waals surface area contributed by atoms with E-state index in [-0.39, 0.29) is 5.65 Å². The molecule has 2 aromatic heterocycles. The molecule has 0 radical (unpaired) electrons. The Balaban J connectivity index is 1.63. The van der Waals surface area contributed by atoms with Crippen LogP contribution in [0.15, 0.2) is 65.6 Å². The lowest BCUT2D eigenvalue weighted by Gasteiger charge is -2.31. The van der Waals surface area contributed by atoms with Gasteiger partial charge in [-0.05, 0) is 73.5 Å². The lowest BCUT2D eigenvalue weighted by atomic mass is 9.95. The number of aryl methyl sites for hydroxylation is 1. The molecule has 7 nitrogen and oxygen atoms in total. The Labute approximate surface area is 186 Å². The van der Waals surface area contributed by atoms with Crippen LogP contribution in [0, 0.1) is 0 Å². The minimum atomic E-state index is -0.731. The third kappa shape index (κ3) is 3.61. The van der Waals surface area contributed by atoms with E-state index in [1.807, 2.05) is 6.07 Å². The Bertz CT molecular complexity index is 1360. The van der Waals surface area contributed by atoms with Crippen LogP contribution in [0.1, 0.15) is 17.5 Å². The van der Waals surface area contributed by atoms with Gasteiger partial charge in [-0.15, -0.1) is 4.73 Å². The summed E-state index contributed by atoms with van der Waals surface area (Å²) in [6, 6.07) is 18.7. The molecule has 4 aromatic rings. The fourth-order valence-corrected chi connectivity index (χ4v) is 4.42. The summed E-state index contributed by atoms with van der Waals surface area (Å²) in [6.45, 7) is 1.62. The van der Waals surface area contributed by atoms with Crippen molar-refractivity contribution >= 4 is 22.5 Å². The number of pyridine rings is 1. The van der Waals surface area contributed by atoms with E-state index in [1.165, 1.54) is 11.1 Å². The van der Waals surface area contributed by atoms with Crippen LogP contribution in [0.3, 0.4) is 0 Å². The van der Waals surface area contributed by atoms with Crippen molar-refractivity contribution in [1.29, 1.82) is 0 Å². The molecule has 1 aliphatic rings. The lowest BCUT2D eigenvalue weighted by molar-refractivity contribution is 0.182. The van der Waals surface area contributed by atoms with Crippen molar-refractivity contribution < 1.29 is 5.21 Å². The molecule has 1 aliphatic heterocycles. The van der Waals surface area contributed by atoms with E-state index < -0.39 is 5.69 Å². The molecule has 2 aromatic carbocycles. The number of anilines is 2. The van der Waals surface area contributed by atoms with Gasteiger partial charge in [0, 0.05) is 25.0 Å². The first-order valence-electron chi connectivity index (χ1n) is 10.7. The van der Waals surface area contributed by atoms with Crippen molar-refractivity contribution in [2.45, 2.75) is 19.4 Å². The first kappa shape index (κ1) is 20.2. The molecule has 0 amide bonds. The summed E-state index contributed by atoms with van der Waals surface area (Å²) in [6.07, 6.45) is 3.48. The van der Waals surface area contributed by atoms with E-state index in [0.29, 0.717) is 15.9 Å². The van der Waals surface area contributed by atoms with E-state index in [1.54, 1.807) is 12.3 Å². The van der Waals surface area contributed by atoms with Crippen LogP contribution in [0.5, 0.6) is 0 Å². The molecular weight excluding hydrogens is 402 g/mol. The Morgan fingerprint density at radius 2 is 1.91 bits per heavy atom. The van der Waals surface area contributed by atoms with Gasteiger partial charge in [0.25, 0.3) is 0 Å². The number of benzene rings is 2. The average molecular weight is 428 g/mol. The number of rotatable bonds is 4. The van der Waals surface area contributed by atoms with Crippen LogP contribution < -0.4 is 10.6 Å². The largest absolute Gasteiger partial charge is 0.422 e. The van der Waals surface area contributed by atoms with Crippen LogP contribution in [0.2, 0.25) is 0 Å². The standard InChI is InChI=1S/C25H25N5O2/c1-28(2)16-17-6-3-7-19(14-17)20-11-10-18-8-5-13-29(22(18)15-20)24-21-9-4-12-26-23(21)30(32)25(31)27-24/h3-4,6-7,9-12,14-15,32H,5,8,13,16H2,1-2H3. The number of aromatic nitrogens is 3. The molecule has 0 unspecified atom stereocenters. The van der Waals surface area contributed by atoms with Gasteiger partial charge in [-0.1, -0.05) is 30.3 Å². The highest BCUT2D eigenvalue weighted by Crippen LogP contribution is 2.37. The smallest absolute Gasteiger partial charge is 0.384 e.